The molecule has 5 heteroatoms. The molecule has 2 rings (SSSR count). The zero-order chi connectivity index (χ0) is 12.3. The van der Waals surface area contributed by atoms with Gasteiger partial charge >= 0.3 is 0 Å². The highest BCUT2D eigenvalue weighted by Crippen LogP contribution is 2.16. The van der Waals surface area contributed by atoms with Crippen molar-refractivity contribution in [2.75, 3.05) is 39.8 Å². The van der Waals surface area contributed by atoms with Gasteiger partial charge in [-0.1, -0.05) is 0 Å². The van der Waals surface area contributed by atoms with E-state index in [9.17, 15) is 9.59 Å². The van der Waals surface area contributed by atoms with Crippen LogP contribution >= 0.6 is 0 Å². The lowest BCUT2D eigenvalue weighted by molar-refractivity contribution is -0.138. The summed E-state index contributed by atoms with van der Waals surface area (Å²) in [5.74, 6) is 0.715. The summed E-state index contributed by atoms with van der Waals surface area (Å²) in [4.78, 5) is 26.6. The van der Waals surface area contributed by atoms with Crippen LogP contribution < -0.4 is 5.32 Å². The number of amides is 2. The number of imide groups is 1. The summed E-state index contributed by atoms with van der Waals surface area (Å²) >= 11 is 0. The van der Waals surface area contributed by atoms with E-state index < -0.39 is 0 Å². The van der Waals surface area contributed by atoms with Crippen LogP contribution in [0.4, 0.5) is 0 Å². The molecule has 17 heavy (non-hydrogen) atoms. The zero-order valence-corrected chi connectivity index (χ0v) is 10.4. The maximum atomic E-state index is 11.4. The minimum atomic E-state index is 0.000900. The Hall–Kier alpha value is -0.940. The molecule has 2 aliphatic heterocycles. The fraction of sp³-hybridized carbons (Fsp3) is 0.833. The molecule has 1 unspecified atom stereocenters. The number of hydrogen-bond donors (Lipinski definition) is 1. The molecule has 5 nitrogen and oxygen atoms in total. The maximum Gasteiger partial charge on any atom is 0.229 e. The summed E-state index contributed by atoms with van der Waals surface area (Å²) in [5.41, 5.74) is 0. The molecular weight excluding hydrogens is 218 g/mol. The first-order valence-electron chi connectivity index (χ1n) is 6.41. The number of carbonyl (C=O) groups is 2. The van der Waals surface area contributed by atoms with Crippen molar-refractivity contribution >= 4 is 11.8 Å². The Morgan fingerprint density at radius 1 is 1.24 bits per heavy atom. The molecule has 0 saturated carbocycles. The molecule has 0 aromatic heterocycles. The monoisotopic (exact) mass is 239 g/mol. The Kier molecular flexibility index (Phi) is 4.12. The molecule has 0 aromatic rings. The van der Waals surface area contributed by atoms with Crippen LogP contribution in [-0.2, 0) is 9.59 Å². The third kappa shape index (κ3) is 3.04. The summed E-state index contributed by atoms with van der Waals surface area (Å²) in [7, 11) is 1.98. The standard InChI is InChI=1S/C12H21N3O2/c1-13-8-10-4-5-14(9-10)6-7-15-11(16)2-3-12(15)17/h10,13H,2-9H2,1H3. The van der Waals surface area contributed by atoms with Crippen molar-refractivity contribution < 1.29 is 9.59 Å². The lowest BCUT2D eigenvalue weighted by Gasteiger charge is -2.20. The molecule has 0 spiro atoms. The summed E-state index contributed by atoms with van der Waals surface area (Å²) in [6.45, 7) is 4.62. The van der Waals surface area contributed by atoms with Gasteiger partial charge in [0.2, 0.25) is 11.8 Å². The second-order valence-corrected chi connectivity index (χ2v) is 4.95. The molecule has 2 amide bonds. The Bertz CT molecular complexity index is 290. The fourth-order valence-electron chi connectivity index (χ4n) is 2.68. The van der Waals surface area contributed by atoms with Gasteiger partial charge in [-0.2, -0.15) is 0 Å². The molecule has 2 aliphatic rings. The number of likely N-dealkylation sites (tertiary alicyclic amines) is 2. The van der Waals surface area contributed by atoms with Crippen molar-refractivity contribution in [2.45, 2.75) is 19.3 Å². The van der Waals surface area contributed by atoms with Gasteiger partial charge in [-0.3, -0.25) is 14.5 Å². The molecule has 0 radical (unpaired) electrons. The van der Waals surface area contributed by atoms with Crippen molar-refractivity contribution in [1.82, 2.24) is 15.1 Å². The highest BCUT2D eigenvalue weighted by Gasteiger charge is 2.29. The quantitative estimate of drug-likeness (QED) is 0.668. The molecule has 2 heterocycles. The topological polar surface area (TPSA) is 52.6 Å². The van der Waals surface area contributed by atoms with Gasteiger partial charge in [-0.25, -0.2) is 0 Å². The van der Waals surface area contributed by atoms with E-state index in [0.717, 1.165) is 26.2 Å². The number of hydrogen-bond acceptors (Lipinski definition) is 4. The third-order valence-corrected chi connectivity index (χ3v) is 3.66. The number of rotatable bonds is 5. The van der Waals surface area contributed by atoms with Gasteiger partial charge in [0.25, 0.3) is 0 Å². The van der Waals surface area contributed by atoms with Gasteiger partial charge in [0, 0.05) is 32.5 Å². The van der Waals surface area contributed by atoms with E-state index >= 15 is 0 Å². The summed E-state index contributed by atoms with van der Waals surface area (Å²) in [6.07, 6.45) is 2.02. The van der Waals surface area contributed by atoms with Crippen molar-refractivity contribution in [3.05, 3.63) is 0 Å². The van der Waals surface area contributed by atoms with Crippen LogP contribution in [-0.4, -0.2) is 61.4 Å². The van der Waals surface area contributed by atoms with Gasteiger partial charge in [0.05, 0.1) is 0 Å². The maximum absolute atomic E-state index is 11.4. The first-order valence-corrected chi connectivity index (χ1v) is 6.41. The van der Waals surface area contributed by atoms with Gasteiger partial charge in [0.15, 0.2) is 0 Å². The number of nitrogens with zero attached hydrogens (tertiary/aromatic N) is 2. The van der Waals surface area contributed by atoms with E-state index in [0.29, 0.717) is 25.3 Å². The van der Waals surface area contributed by atoms with E-state index in [1.165, 1.54) is 11.3 Å². The highest BCUT2D eigenvalue weighted by molar-refractivity contribution is 6.01. The second kappa shape index (κ2) is 5.60. The lowest BCUT2D eigenvalue weighted by atomic mass is 10.1. The molecule has 1 N–H and O–H groups in total. The molecule has 1 atom stereocenters. The molecule has 0 aromatic carbocycles. The minimum Gasteiger partial charge on any atom is -0.319 e. The number of carbonyl (C=O) groups excluding carboxylic acids is 2. The average Bonchev–Trinajstić information content (AvgIpc) is 2.86. The van der Waals surface area contributed by atoms with Crippen LogP contribution in [0.15, 0.2) is 0 Å². The van der Waals surface area contributed by atoms with Gasteiger partial charge in [-0.15, -0.1) is 0 Å². The van der Waals surface area contributed by atoms with Crippen LogP contribution in [0.3, 0.4) is 0 Å². The molecule has 2 saturated heterocycles. The third-order valence-electron chi connectivity index (χ3n) is 3.66. The van der Waals surface area contributed by atoms with E-state index in [4.69, 9.17) is 0 Å². The zero-order valence-electron chi connectivity index (χ0n) is 10.4. The smallest absolute Gasteiger partial charge is 0.229 e. The molecule has 96 valence electrons. The van der Waals surface area contributed by atoms with Gasteiger partial charge in [-0.05, 0) is 32.5 Å². The average molecular weight is 239 g/mol. The van der Waals surface area contributed by atoms with Crippen molar-refractivity contribution in [3.63, 3.8) is 0 Å². The van der Waals surface area contributed by atoms with Crippen LogP contribution in [0.5, 0.6) is 0 Å². The van der Waals surface area contributed by atoms with Crippen molar-refractivity contribution in [2.24, 2.45) is 5.92 Å². The van der Waals surface area contributed by atoms with Gasteiger partial charge < -0.3 is 10.2 Å². The largest absolute Gasteiger partial charge is 0.319 e. The van der Waals surface area contributed by atoms with E-state index in [1.54, 1.807) is 0 Å². The Balaban J connectivity index is 1.72. The SMILES string of the molecule is CNCC1CCN(CCN2C(=O)CCC2=O)C1. The van der Waals surface area contributed by atoms with Crippen LogP contribution in [0.25, 0.3) is 0 Å². The lowest BCUT2D eigenvalue weighted by Crippen LogP contribution is -2.37. The predicted molar refractivity (Wildman–Crippen MR) is 64.4 cm³/mol. The van der Waals surface area contributed by atoms with Crippen molar-refractivity contribution in [1.29, 1.82) is 0 Å². The van der Waals surface area contributed by atoms with Crippen LogP contribution in [0.1, 0.15) is 19.3 Å². The molecule has 0 bridgehead atoms. The normalized spacial score (nSPS) is 26.2. The van der Waals surface area contributed by atoms with Crippen LogP contribution in [0, 0.1) is 5.92 Å². The molecule has 0 aliphatic carbocycles. The minimum absolute atomic E-state index is 0.000900. The Labute approximate surface area is 102 Å². The summed E-state index contributed by atoms with van der Waals surface area (Å²) < 4.78 is 0. The van der Waals surface area contributed by atoms with Crippen LogP contribution in [0.2, 0.25) is 0 Å². The molecule has 2 fully saturated rings. The number of nitrogens with one attached hydrogen (secondary N) is 1. The van der Waals surface area contributed by atoms with E-state index in [-0.39, 0.29) is 11.8 Å². The van der Waals surface area contributed by atoms with Gasteiger partial charge in [0.1, 0.15) is 0 Å². The Morgan fingerprint density at radius 3 is 2.59 bits per heavy atom. The van der Waals surface area contributed by atoms with E-state index in [2.05, 4.69) is 10.2 Å². The van der Waals surface area contributed by atoms with Crippen molar-refractivity contribution in [3.8, 4) is 0 Å². The first kappa shape index (κ1) is 12.5. The predicted octanol–water partition coefficient (Wildman–Crippen LogP) is -0.323. The second-order valence-electron chi connectivity index (χ2n) is 4.95. The first-order chi connectivity index (χ1) is 8.20. The highest BCUT2D eigenvalue weighted by atomic mass is 16.2. The Morgan fingerprint density at radius 2 is 1.94 bits per heavy atom. The van der Waals surface area contributed by atoms with E-state index in [1.807, 2.05) is 7.05 Å². The summed E-state index contributed by atoms with van der Waals surface area (Å²) in [5, 5.41) is 3.20. The molecular formula is C12H21N3O2. The fourth-order valence-corrected chi connectivity index (χ4v) is 2.68. The summed E-state index contributed by atoms with van der Waals surface area (Å²) in [6, 6.07) is 0.